The van der Waals surface area contributed by atoms with E-state index in [0.29, 0.717) is 6.42 Å². The predicted octanol–water partition coefficient (Wildman–Crippen LogP) is 2.14. The molecule has 0 fully saturated rings. The summed E-state index contributed by atoms with van der Waals surface area (Å²) in [7, 11) is 0. The standard InChI is InChI=1S/C14H15NO2S/c16-10-13(11-5-2-1-3-6-11)15-14(17)9-12-7-4-8-18-12/h1-8,13,16H,9-10H2,(H,15,17). The van der Waals surface area contributed by atoms with Crippen LogP contribution < -0.4 is 5.32 Å². The van der Waals surface area contributed by atoms with Crippen LogP contribution in [0.5, 0.6) is 0 Å². The summed E-state index contributed by atoms with van der Waals surface area (Å²) >= 11 is 1.56. The van der Waals surface area contributed by atoms with Crippen molar-refractivity contribution in [3.63, 3.8) is 0 Å². The van der Waals surface area contributed by atoms with Gasteiger partial charge >= 0.3 is 0 Å². The largest absolute Gasteiger partial charge is 0.394 e. The number of aliphatic hydroxyl groups is 1. The van der Waals surface area contributed by atoms with Gasteiger partial charge in [-0.15, -0.1) is 11.3 Å². The number of nitrogens with one attached hydrogen (secondary N) is 1. The van der Waals surface area contributed by atoms with Crippen LogP contribution in [0.4, 0.5) is 0 Å². The van der Waals surface area contributed by atoms with Crippen molar-refractivity contribution in [1.82, 2.24) is 5.32 Å². The first-order chi connectivity index (χ1) is 8.79. The van der Waals surface area contributed by atoms with E-state index in [1.807, 2.05) is 47.8 Å². The van der Waals surface area contributed by atoms with Crippen molar-refractivity contribution in [2.24, 2.45) is 0 Å². The van der Waals surface area contributed by atoms with Crippen LogP contribution >= 0.6 is 11.3 Å². The third-order valence-electron chi connectivity index (χ3n) is 2.63. The number of aliphatic hydroxyl groups excluding tert-OH is 1. The highest BCUT2D eigenvalue weighted by molar-refractivity contribution is 7.10. The maximum absolute atomic E-state index is 11.8. The Kier molecular flexibility index (Phi) is 4.50. The molecule has 1 aromatic heterocycles. The van der Waals surface area contributed by atoms with Crippen LogP contribution in [-0.2, 0) is 11.2 Å². The van der Waals surface area contributed by atoms with E-state index in [2.05, 4.69) is 5.32 Å². The minimum atomic E-state index is -0.335. The second-order valence-corrected chi connectivity index (χ2v) is 5.00. The Morgan fingerprint density at radius 1 is 1.22 bits per heavy atom. The molecule has 0 radical (unpaired) electrons. The third-order valence-corrected chi connectivity index (χ3v) is 3.51. The van der Waals surface area contributed by atoms with Crippen molar-refractivity contribution in [1.29, 1.82) is 0 Å². The lowest BCUT2D eigenvalue weighted by Gasteiger charge is -2.16. The summed E-state index contributed by atoms with van der Waals surface area (Å²) in [5.74, 6) is -0.0691. The Bertz CT molecular complexity index is 482. The number of hydrogen-bond donors (Lipinski definition) is 2. The lowest BCUT2D eigenvalue weighted by Crippen LogP contribution is -2.31. The average Bonchev–Trinajstić information content (AvgIpc) is 2.90. The number of carbonyl (C=O) groups excluding carboxylic acids is 1. The zero-order chi connectivity index (χ0) is 12.8. The lowest BCUT2D eigenvalue weighted by molar-refractivity contribution is -0.121. The Labute approximate surface area is 110 Å². The molecular weight excluding hydrogens is 246 g/mol. The molecular formula is C14H15NO2S. The van der Waals surface area contributed by atoms with E-state index < -0.39 is 0 Å². The second kappa shape index (κ2) is 6.33. The molecule has 2 aromatic rings. The molecule has 1 aromatic carbocycles. The van der Waals surface area contributed by atoms with Crippen LogP contribution in [0.1, 0.15) is 16.5 Å². The first-order valence-corrected chi connectivity index (χ1v) is 6.65. The van der Waals surface area contributed by atoms with Crippen LogP contribution in [0.2, 0.25) is 0 Å². The summed E-state index contributed by atoms with van der Waals surface area (Å²) in [6.45, 7) is -0.0970. The Morgan fingerprint density at radius 3 is 2.61 bits per heavy atom. The molecule has 1 atom stereocenters. The molecule has 0 saturated heterocycles. The van der Waals surface area contributed by atoms with Gasteiger partial charge < -0.3 is 10.4 Å². The fourth-order valence-corrected chi connectivity index (χ4v) is 2.44. The maximum Gasteiger partial charge on any atom is 0.225 e. The molecule has 2 N–H and O–H groups in total. The molecule has 1 amide bonds. The molecule has 18 heavy (non-hydrogen) atoms. The van der Waals surface area contributed by atoms with Gasteiger partial charge in [-0.3, -0.25) is 4.79 Å². The third kappa shape index (κ3) is 3.42. The zero-order valence-corrected chi connectivity index (χ0v) is 10.7. The summed E-state index contributed by atoms with van der Waals surface area (Å²) in [4.78, 5) is 12.9. The quantitative estimate of drug-likeness (QED) is 0.866. The highest BCUT2D eigenvalue weighted by Crippen LogP contribution is 2.13. The van der Waals surface area contributed by atoms with E-state index in [1.165, 1.54) is 0 Å². The summed E-state index contributed by atoms with van der Waals surface area (Å²) in [5.41, 5.74) is 0.916. The summed E-state index contributed by atoms with van der Waals surface area (Å²) in [6.07, 6.45) is 0.362. The minimum Gasteiger partial charge on any atom is -0.394 e. The normalized spacial score (nSPS) is 12.1. The van der Waals surface area contributed by atoms with Crippen LogP contribution in [0.25, 0.3) is 0 Å². The van der Waals surface area contributed by atoms with E-state index in [-0.39, 0.29) is 18.6 Å². The molecule has 1 heterocycles. The molecule has 4 heteroatoms. The average molecular weight is 261 g/mol. The fraction of sp³-hybridized carbons (Fsp3) is 0.214. The number of amides is 1. The zero-order valence-electron chi connectivity index (χ0n) is 9.87. The van der Waals surface area contributed by atoms with Crippen LogP contribution in [0.3, 0.4) is 0 Å². The van der Waals surface area contributed by atoms with Crippen molar-refractivity contribution in [3.05, 3.63) is 58.3 Å². The van der Waals surface area contributed by atoms with E-state index in [1.54, 1.807) is 11.3 Å². The van der Waals surface area contributed by atoms with Crippen molar-refractivity contribution in [2.75, 3.05) is 6.61 Å². The molecule has 2 rings (SSSR count). The SMILES string of the molecule is O=C(Cc1cccs1)NC(CO)c1ccccc1. The van der Waals surface area contributed by atoms with Gasteiger partial charge in [0, 0.05) is 4.88 Å². The van der Waals surface area contributed by atoms with Gasteiger partial charge in [-0.05, 0) is 17.0 Å². The monoisotopic (exact) mass is 261 g/mol. The van der Waals surface area contributed by atoms with Crippen molar-refractivity contribution in [3.8, 4) is 0 Å². The Hall–Kier alpha value is -1.65. The lowest BCUT2D eigenvalue weighted by atomic mass is 10.1. The summed E-state index contributed by atoms with van der Waals surface area (Å²) < 4.78 is 0. The number of thiophene rings is 1. The van der Waals surface area contributed by atoms with E-state index in [0.717, 1.165) is 10.4 Å². The van der Waals surface area contributed by atoms with Crippen LogP contribution in [-0.4, -0.2) is 17.6 Å². The highest BCUT2D eigenvalue weighted by atomic mass is 32.1. The van der Waals surface area contributed by atoms with Crippen molar-refractivity contribution >= 4 is 17.2 Å². The first kappa shape index (κ1) is 12.8. The Balaban J connectivity index is 1.96. The van der Waals surface area contributed by atoms with Gasteiger partial charge in [0.15, 0.2) is 0 Å². The molecule has 0 spiro atoms. The van der Waals surface area contributed by atoms with Gasteiger partial charge in [-0.1, -0.05) is 36.4 Å². The molecule has 0 aliphatic heterocycles. The molecule has 1 unspecified atom stereocenters. The number of hydrogen-bond acceptors (Lipinski definition) is 3. The minimum absolute atomic E-state index is 0.0691. The molecule has 94 valence electrons. The Morgan fingerprint density at radius 2 is 2.00 bits per heavy atom. The van der Waals surface area contributed by atoms with E-state index in [9.17, 15) is 9.90 Å². The van der Waals surface area contributed by atoms with Gasteiger partial charge in [0.25, 0.3) is 0 Å². The summed E-state index contributed by atoms with van der Waals surface area (Å²) in [5, 5.41) is 14.1. The predicted molar refractivity (Wildman–Crippen MR) is 72.4 cm³/mol. The van der Waals surface area contributed by atoms with Gasteiger partial charge in [0.05, 0.1) is 19.1 Å². The van der Waals surface area contributed by atoms with Crippen molar-refractivity contribution < 1.29 is 9.90 Å². The van der Waals surface area contributed by atoms with Crippen LogP contribution in [0.15, 0.2) is 47.8 Å². The van der Waals surface area contributed by atoms with Crippen molar-refractivity contribution in [2.45, 2.75) is 12.5 Å². The molecule has 0 saturated carbocycles. The van der Waals surface area contributed by atoms with Gasteiger partial charge in [-0.25, -0.2) is 0 Å². The maximum atomic E-state index is 11.8. The summed E-state index contributed by atoms with van der Waals surface area (Å²) in [6, 6.07) is 13.0. The van der Waals surface area contributed by atoms with E-state index >= 15 is 0 Å². The van der Waals surface area contributed by atoms with Gasteiger partial charge in [-0.2, -0.15) is 0 Å². The van der Waals surface area contributed by atoms with E-state index in [4.69, 9.17) is 0 Å². The van der Waals surface area contributed by atoms with Gasteiger partial charge in [0.1, 0.15) is 0 Å². The molecule has 0 aliphatic carbocycles. The second-order valence-electron chi connectivity index (χ2n) is 3.97. The number of benzene rings is 1. The van der Waals surface area contributed by atoms with Gasteiger partial charge in [0.2, 0.25) is 5.91 Å². The smallest absolute Gasteiger partial charge is 0.225 e. The number of rotatable bonds is 5. The molecule has 3 nitrogen and oxygen atoms in total. The molecule has 0 bridgehead atoms. The number of carbonyl (C=O) groups is 1. The first-order valence-electron chi connectivity index (χ1n) is 5.77. The fourth-order valence-electron chi connectivity index (χ4n) is 1.74. The highest BCUT2D eigenvalue weighted by Gasteiger charge is 2.13. The molecule has 0 aliphatic rings. The topological polar surface area (TPSA) is 49.3 Å². The van der Waals surface area contributed by atoms with Crippen LogP contribution in [0, 0.1) is 0 Å².